The summed E-state index contributed by atoms with van der Waals surface area (Å²) in [6.45, 7) is -1.15. The first-order valence-electron chi connectivity index (χ1n) is 5.08. The van der Waals surface area contributed by atoms with E-state index in [0.717, 1.165) is 0 Å². The van der Waals surface area contributed by atoms with Crippen molar-refractivity contribution in [1.82, 2.24) is 9.62 Å². The predicted octanol–water partition coefficient (Wildman–Crippen LogP) is -0.388. The topological polar surface area (TPSA) is 83.6 Å². The Morgan fingerprint density at radius 2 is 1.47 bits per heavy atom. The van der Waals surface area contributed by atoms with Crippen molar-refractivity contribution in [3.8, 4) is 0 Å². The molecule has 0 aromatic heterocycles. The number of piperazine rings is 1. The number of rotatable bonds is 2. The van der Waals surface area contributed by atoms with E-state index in [4.69, 9.17) is 0 Å². The van der Waals surface area contributed by atoms with Gasteiger partial charge in [-0.05, 0) is 12.1 Å². The van der Waals surface area contributed by atoms with Gasteiger partial charge in [0.1, 0.15) is 11.6 Å². The van der Waals surface area contributed by atoms with E-state index in [1.165, 1.54) is 0 Å². The summed E-state index contributed by atoms with van der Waals surface area (Å²) in [4.78, 5) is 21.6. The van der Waals surface area contributed by atoms with Crippen molar-refractivity contribution >= 4 is 21.8 Å². The number of nitrogens with one attached hydrogen (secondary N) is 1. The Labute approximate surface area is 107 Å². The molecule has 1 N–H and O–H groups in total. The fraction of sp³-hybridized carbons (Fsp3) is 0.200. The molecule has 6 nitrogen and oxygen atoms in total. The number of sulfonamides is 1. The van der Waals surface area contributed by atoms with Gasteiger partial charge in [-0.15, -0.1) is 0 Å². The minimum absolute atomic E-state index is 0.521. The van der Waals surface area contributed by atoms with Crippen LogP contribution < -0.4 is 5.32 Å². The zero-order chi connectivity index (χ0) is 14.2. The molecule has 1 aromatic carbocycles. The third-order valence-corrected chi connectivity index (χ3v) is 4.16. The molecule has 1 aromatic rings. The lowest BCUT2D eigenvalue weighted by Crippen LogP contribution is -2.53. The van der Waals surface area contributed by atoms with Gasteiger partial charge < -0.3 is 0 Å². The third kappa shape index (κ3) is 2.76. The molecule has 1 heterocycles. The van der Waals surface area contributed by atoms with Gasteiger partial charge >= 0.3 is 0 Å². The van der Waals surface area contributed by atoms with E-state index < -0.39 is 51.5 Å². The zero-order valence-electron chi connectivity index (χ0n) is 9.39. The molecule has 0 bridgehead atoms. The second-order valence-corrected chi connectivity index (χ2v) is 5.79. The third-order valence-electron chi connectivity index (χ3n) is 2.39. The molecular weight excluding hydrogens is 282 g/mol. The highest BCUT2D eigenvalue weighted by atomic mass is 32.2. The Hall–Kier alpha value is -1.87. The first kappa shape index (κ1) is 13.6. The SMILES string of the molecule is O=C1CN(S(=O)(=O)c2cc(F)cc(F)c2)CC(=O)N1. The first-order chi connectivity index (χ1) is 8.79. The van der Waals surface area contributed by atoms with Gasteiger partial charge in [0.25, 0.3) is 0 Å². The molecule has 0 atom stereocenters. The Morgan fingerprint density at radius 1 is 1.00 bits per heavy atom. The van der Waals surface area contributed by atoms with Crippen LogP contribution in [0.1, 0.15) is 0 Å². The molecule has 1 saturated heterocycles. The molecule has 0 aliphatic carbocycles. The molecule has 1 aliphatic heterocycles. The summed E-state index contributed by atoms with van der Waals surface area (Å²) < 4.78 is 50.7. The quantitative estimate of drug-likeness (QED) is 0.752. The van der Waals surface area contributed by atoms with Gasteiger partial charge in [0, 0.05) is 6.07 Å². The lowest BCUT2D eigenvalue weighted by molar-refractivity contribution is -0.134. The van der Waals surface area contributed by atoms with Gasteiger partial charge in [-0.3, -0.25) is 14.9 Å². The minimum Gasteiger partial charge on any atom is -0.294 e. The smallest absolute Gasteiger partial charge is 0.244 e. The van der Waals surface area contributed by atoms with Gasteiger partial charge in [0.05, 0.1) is 18.0 Å². The van der Waals surface area contributed by atoms with Crippen molar-refractivity contribution in [2.45, 2.75) is 4.90 Å². The predicted molar refractivity (Wildman–Crippen MR) is 58.3 cm³/mol. The van der Waals surface area contributed by atoms with Crippen LogP contribution in [0.15, 0.2) is 23.1 Å². The summed E-state index contributed by atoms with van der Waals surface area (Å²) in [6.07, 6.45) is 0. The number of imide groups is 1. The van der Waals surface area contributed by atoms with Gasteiger partial charge in [0.15, 0.2) is 0 Å². The first-order valence-corrected chi connectivity index (χ1v) is 6.52. The molecule has 2 rings (SSSR count). The van der Waals surface area contributed by atoms with Crippen LogP contribution in [-0.2, 0) is 19.6 Å². The lowest BCUT2D eigenvalue weighted by atomic mass is 10.3. The van der Waals surface area contributed by atoms with Crippen molar-refractivity contribution in [3.05, 3.63) is 29.8 Å². The molecule has 9 heteroatoms. The number of benzene rings is 1. The van der Waals surface area contributed by atoms with Crippen molar-refractivity contribution in [1.29, 1.82) is 0 Å². The molecular formula is C10H8F2N2O4S. The number of amides is 2. The van der Waals surface area contributed by atoms with E-state index in [9.17, 15) is 26.8 Å². The highest BCUT2D eigenvalue weighted by molar-refractivity contribution is 7.89. The number of carbonyl (C=O) groups is 2. The molecule has 1 fully saturated rings. The highest BCUT2D eigenvalue weighted by Gasteiger charge is 2.33. The van der Waals surface area contributed by atoms with Crippen LogP contribution in [0.5, 0.6) is 0 Å². The summed E-state index contributed by atoms with van der Waals surface area (Å²) in [5.74, 6) is -3.72. The summed E-state index contributed by atoms with van der Waals surface area (Å²) in [6, 6.07) is 1.76. The van der Waals surface area contributed by atoms with Crippen LogP contribution in [0, 0.1) is 11.6 Å². The molecule has 0 radical (unpaired) electrons. The van der Waals surface area contributed by atoms with Gasteiger partial charge in [-0.1, -0.05) is 0 Å². The van der Waals surface area contributed by atoms with E-state index in [0.29, 0.717) is 22.5 Å². The number of hydrogen-bond acceptors (Lipinski definition) is 4. The number of carbonyl (C=O) groups excluding carboxylic acids is 2. The lowest BCUT2D eigenvalue weighted by Gasteiger charge is -2.24. The molecule has 102 valence electrons. The van der Waals surface area contributed by atoms with E-state index in [1.54, 1.807) is 0 Å². The summed E-state index contributed by atoms with van der Waals surface area (Å²) >= 11 is 0. The van der Waals surface area contributed by atoms with Crippen LogP contribution >= 0.6 is 0 Å². The fourth-order valence-corrected chi connectivity index (χ4v) is 3.00. The molecule has 2 amide bonds. The van der Waals surface area contributed by atoms with E-state index in [1.807, 2.05) is 5.32 Å². The zero-order valence-corrected chi connectivity index (χ0v) is 10.2. The van der Waals surface area contributed by atoms with E-state index >= 15 is 0 Å². The van der Waals surface area contributed by atoms with Crippen molar-refractivity contribution < 1.29 is 26.8 Å². The van der Waals surface area contributed by atoms with Crippen LogP contribution in [0.4, 0.5) is 8.78 Å². The number of hydrogen-bond donors (Lipinski definition) is 1. The summed E-state index contributed by atoms with van der Waals surface area (Å²) in [5.41, 5.74) is 0. The summed E-state index contributed by atoms with van der Waals surface area (Å²) in [7, 11) is -4.30. The highest BCUT2D eigenvalue weighted by Crippen LogP contribution is 2.19. The van der Waals surface area contributed by atoms with Crippen LogP contribution in [-0.4, -0.2) is 37.6 Å². The molecule has 0 spiro atoms. The fourth-order valence-electron chi connectivity index (χ4n) is 1.61. The van der Waals surface area contributed by atoms with Crippen molar-refractivity contribution in [2.24, 2.45) is 0 Å². The Bertz CT molecular complexity index is 623. The molecule has 19 heavy (non-hydrogen) atoms. The van der Waals surface area contributed by atoms with E-state index in [-0.39, 0.29) is 0 Å². The van der Waals surface area contributed by atoms with E-state index in [2.05, 4.69) is 0 Å². The summed E-state index contributed by atoms with van der Waals surface area (Å²) in [5, 5.41) is 1.92. The Morgan fingerprint density at radius 3 is 1.95 bits per heavy atom. The van der Waals surface area contributed by atoms with Crippen LogP contribution in [0.25, 0.3) is 0 Å². The normalized spacial score (nSPS) is 17.4. The average molecular weight is 290 g/mol. The van der Waals surface area contributed by atoms with Crippen molar-refractivity contribution in [2.75, 3.05) is 13.1 Å². The average Bonchev–Trinajstić information content (AvgIpc) is 2.26. The number of halogens is 2. The Balaban J connectivity index is 2.41. The van der Waals surface area contributed by atoms with Gasteiger partial charge in [-0.2, -0.15) is 4.31 Å². The van der Waals surface area contributed by atoms with Gasteiger partial charge in [-0.25, -0.2) is 17.2 Å². The molecule has 0 unspecified atom stereocenters. The maximum absolute atomic E-state index is 13.0. The maximum Gasteiger partial charge on any atom is 0.244 e. The largest absolute Gasteiger partial charge is 0.294 e. The maximum atomic E-state index is 13.0. The standard InChI is InChI=1S/C10H8F2N2O4S/c11-6-1-7(12)3-8(2-6)19(17,18)14-4-9(15)13-10(16)5-14/h1-3H,4-5H2,(H,13,15,16). The van der Waals surface area contributed by atoms with Crippen LogP contribution in [0.2, 0.25) is 0 Å². The second-order valence-electron chi connectivity index (χ2n) is 3.85. The second kappa shape index (κ2) is 4.67. The monoisotopic (exact) mass is 290 g/mol. The van der Waals surface area contributed by atoms with Crippen molar-refractivity contribution in [3.63, 3.8) is 0 Å². The van der Waals surface area contributed by atoms with Gasteiger partial charge in [0.2, 0.25) is 21.8 Å². The number of nitrogens with zero attached hydrogens (tertiary/aromatic N) is 1. The van der Waals surface area contributed by atoms with Crippen LogP contribution in [0.3, 0.4) is 0 Å². The minimum atomic E-state index is -4.30. The molecule has 1 aliphatic rings. The molecule has 0 saturated carbocycles. The Kier molecular flexibility index (Phi) is 3.33.